The molecule has 1 heterocycles. The molecule has 102 valence electrons. The van der Waals surface area contributed by atoms with Gasteiger partial charge in [-0.15, -0.1) is 0 Å². The molecule has 0 spiro atoms. The van der Waals surface area contributed by atoms with Gasteiger partial charge in [0.1, 0.15) is 0 Å². The van der Waals surface area contributed by atoms with E-state index in [0.717, 1.165) is 25.7 Å². The molecular formula is C13H17N3O3. The van der Waals surface area contributed by atoms with Crippen LogP contribution in [0.15, 0.2) is 21.3 Å². The van der Waals surface area contributed by atoms with Crippen LogP contribution in [-0.2, 0) is 0 Å². The Morgan fingerprint density at radius 2 is 2.16 bits per heavy atom. The lowest BCUT2D eigenvalue weighted by molar-refractivity contribution is 0.0615. The average molecular weight is 263 g/mol. The highest BCUT2D eigenvalue weighted by Crippen LogP contribution is 2.31. The second kappa shape index (κ2) is 4.31. The predicted molar refractivity (Wildman–Crippen MR) is 73.2 cm³/mol. The first kappa shape index (κ1) is 12.1. The van der Waals surface area contributed by atoms with Crippen LogP contribution in [0.25, 0.3) is 11.1 Å². The molecule has 1 fully saturated rings. The Bertz CT molecular complexity index is 653. The summed E-state index contributed by atoms with van der Waals surface area (Å²) in [6.07, 6.45) is 3.73. The fourth-order valence-corrected chi connectivity index (χ4v) is 2.64. The van der Waals surface area contributed by atoms with Gasteiger partial charge in [0.2, 0.25) is 0 Å². The van der Waals surface area contributed by atoms with Crippen LogP contribution >= 0.6 is 0 Å². The molecule has 1 aliphatic carbocycles. The van der Waals surface area contributed by atoms with Crippen LogP contribution in [0.3, 0.4) is 0 Å². The van der Waals surface area contributed by atoms with Crippen molar-refractivity contribution in [1.82, 2.24) is 4.98 Å². The summed E-state index contributed by atoms with van der Waals surface area (Å²) < 4.78 is 4.93. The number of fused-ring (bicyclic) bond motifs is 1. The van der Waals surface area contributed by atoms with E-state index >= 15 is 0 Å². The van der Waals surface area contributed by atoms with Crippen LogP contribution in [-0.4, -0.2) is 22.2 Å². The molecule has 1 aromatic heterocycles. The van der Waals surface area contributed by atoms with Crippen LogP contribution < -0.4 is 16.8 Å². The summed E-state index contributed by atoms with van der Waals surface area (Å²) in [5.74, 6) is -0.499. The van der Waals surface area contributed by atoms with Gasteiger partial charge in [-0.1, -0.05) is 12.8 Å². The Morgan fingerprint density at radius 1 is 1.42 bits per heavy atom. The number of hydrogen-bond acceptors (Lipinski definition) is 5. The first-order valence-corrected chi connectivity index (χ1v) is 6.44. The van der Waals surface area contributed by atoms with E-state index in [2.05, 4.69) is 10.3 Å². The van der Waals surface area contributed by atoms with Gasteiger partial charge in [0.25, 0.3) is 0 Å². The van der Waals surface area contributed by atoms with E-state index in [0.29, 0.717) is 29.0 Å². The van der Waals surface area contributed by atoms with E-state index in [1.807, 2.05) is 0 Å². The Labute approximate surface area is 109 Å². The zero-order valence-corrected chi connectivity index (χ0v) is 10.5. The fraction of sp³-hybridized carbons (Fsp3) is 0.462. The molecular weight excluding hydrogens is 246 g/mol. The number of hydrogen-bond donors (Lipinski definition) is 4. The molecule has 0 atom stereocenters. The normalized spacial score (nSPS) is 17.9. The topological polar surface area (TPSA) is 104 Å². The maximum absolute atomic E-state index is 11.1. The summed E-state index contributed by atoms with van der Waals surface area (Å²) in [4.78, 5) is 13.7. The number of aromatic nitrogens is 1. The van der Waals surface area contributed by atoms with Gasteiger partial charge in [-0.05, 0) is 18.9 Å². The van der Waals surface area contributed by atoms with Gasteiger partial charge in [-0.2, -0.15) is 0 Å². The van der Waals surface area contributed by atoms with E-state index < -0.39 is 11.4 Å². The third-order valence-electron chi connectivity index (χ3n) is 3.73. The van der Waals surface area contributed by atoms with Crippen molar-refractivity contribution in [2.24, 2.45) is 0 Å². The van der Waals surface area contributed by atoms with E-state index in [1.54, 1.807) is 12.1 Å². The molecule has 5 N–H and O–H groups in total. The number of nitrogen functional groups attached to an aromatic ring is 1. The number of benzene rings is 1. The van der Waals surface area contributed by atoms with Crippen molar-refractivity contribution in [3.05, 3.63) is 22.7 Å². The Balaban J connectivity index is 1.83. The zero-order valence-electron chi connectivity index (χ0n) is 10.5. The number of aromatic amines is 1. The van der Waals surface area contributed by atoms with E-state index in [-0.39, 0.29) is 0 Å². The molecule has 0 amide bonds. The number of nitrogens with two attached hydrogens (primary N) is 1. The summed E-state index contributed by atoms with van der Waals surface area (Å²) in [5, 5.41) is 13.4. The highest BCUT2D eigenvalue weighted by Gasteiger charge is 2.30. The minimum atomic E-state index is -0.648. The minimum absolute atomic E-state index is 0.438. The molecule has 1 saturated carbocycles. The van der Waals surface area contributed by atoms with Gasteiger partial charge in [-0.25, -0.2) is 4.79 Å². The molecule has 0 radical (unpaired) electrons. The van der Waals surface area contributed by atoms with E-state index in [9.17, 15) is 9.90 Å². The Morgan fingerprint density at radius 3 is 2.89 bits per heavy atom. The highest BCUT2D eigenvalue weighted by molar-refractivity contribution is 5.85. The van der Waals surface area contributed by atoms with Crippen molar-refractivity contribution in [3.8, 4) is 0 Å². The van der Waals surface area contributed by atoms with Gasteiger partial charge >= 0.3 is 5.76 Å². The minimum Gasteiger partial charge on any atom is -0.408 e. The van der Waals surface area contributed by atoms with Gasteiger partial charge in [-0.3, -0.25) is 4.98 Å². The number of H-pyrrole nitrogens is 1. The second-order valence-corrected chi connectivity index (χ2v) is 5.24. The fourth-order valence-electron chi connectivity index (χ4n) is 2.64. The van der Waals surface area contributed by atoms with E-state index in [4.69, 9.17) is 10.2 Å². The van der Waals surface area contributed by atoms with Crippen LogP contribution in [0.4, 0.5) is 11.4 Å². The molecule has 6 nitrogen and oxygen atoms in total. The third kappa shape index (κ3) is 2.31. The third-order valence-corrected chi connectivity index (χ3v) is 3.73. The van der Waals surface area contributed by atoms with Gasteiger partial charge in [0, 0.05) is 12.6 Å². The summed E-state index contributed by atoms with van der Waals surface area (Å²) in [5.41, 5.74) is 7.49. The van der Waals surface area contributed by atoms with Crippen molar-refractivity contribution in [2.45, 2.75) is 31.3 Å². The molecule has 0 saturated heterocycles. The lowest BCUT2D eigenvalue weighted by Gasteiger charge is -2.23. The maximum atomic E-state index is 11.1. The first-order chi connectivity index (χ1) is 9.06. The number of oxazole rings is 1. The molecule has 3 rings (SSSR count). The van der Waals surface area contributed by atoms with Crippen LogP contribution in [0.1, 0.15) is 25.7 Å². The van der Waals surface area contributed by atoms with Crippen molar-refractivity contribution >= 4 is 22.5 Å². The molecule has 0 bridgehead atoms. The smallest absolute Gasteiger partial charge is 0.408 e. The lowest BCUT2D eigenvalue weighted by Crippen LogP contribution is -2.33. The van der Waals surface area contributed by atoms with Gasteiger partial charge in [0.05, 0.1) is 22.5 Å². The first-order valence-electron chi connectivity index (χ1n) is 6.44. The maximum Gasteiger partial charge on any atom is 0.417 e. The van der Waals surface area contributed by atoms with Crippen LogP contribution in [0.5, 0.6) is 0 Å². The number of aliphatic hydroxyl groups is 1. The SMILES string of the molecule is Nc1cc2oc(=O)[nH]c2cc1NCC1(O)CCCC1. The van der Waals surface area contributed by atoms with Crippen LogP contribution in [0, 0.1) is 0 Å². The van der Waals surface area contributed by atoms with E-state index in [1.165, 1.54) is 0 Å². The molecule has 1 aromatic carbocycles. The molecule has 2 aromatic rings. The Hall–Kier alpha value is -1.95. The highest BCUT2D eigenvalue weighted by atomic mass is 16.4. The second-order valence-electron chi connectivity index (χ2n) is 5.24. The molecule has 1 aliphatic rings. The molecule has 0 aliphatic heterocycles. The predicted octanol–water partition coefficient (Wildman–Crippen LogP) is 1.42. The van der Waals surface area contributed by atoms with Crippen molar-refractivity contribution in [3.63, 3.8) is 0 Å². The molecule has 6 heteroatoms. The van der Waals surface area contributed by atoms with Crippen molar-refractivity contribution in [2.75, 3.05) is 17.6 Å². The summed E-state index contributed by atoms with van der Waals surface area (Å²) in [7, 11) is 0. The summed E-state index contributed by atoms with van der Waals surface area (Å²) >= 11 is 0. The lowest BCUT2D eigenvalue weighted by atomic mass is 10.0. The Kier molecular flexibility index (Phi) is 2.74. The number of nitrogens with one attached hydrogen (secondary N) is 2. The van der Waals surface area contributed by atoms with Crippen molar-refractivity contribution in [1.29, 1.82) is 0 Å². The quantitative estimate of drug-likeness (QED) is 0.627. The number of rotatable bonds is 3. The number of anilines is 2. The zero-order chi connectivity index (χ0) is 13.5. The monoisotopic (exact) mass is 263 g/mol. The van der Waals surface area contributed by atoms with Gasteiger partial charge < -0.3 is 20.6 Å². The molecule has 19 heavy (non-hydrogen) atoms. The standard InChI is InChI=1S/C13H17N3O3/c14-8-5-11-10(16-12(17)19-11)6-9(8)15-7-13(18)3-1-2-4-13/h5-6,15,18H,1-4,7,14H2,(H,16,17). The molecule has 0 unspecified atom stereocenters. The largest absolute Gasteiger partial charge is 0.417 e. The summed E-state index contributed by atoms with van der Waals surface area (Å²) in [6.45, 7) is 0.463. The van der Waals surface area contributed by atoms with Gasteiger partial charge in [0.15, 0.2) is 5.58 Å². The average Bonchev–Trinajstić information content (AvgIpc) is 2.92. The van der Waals surface area contributed by atoms with Crippen LogP contribution in [0.2, 0.25) is 0 Å². The summed E-state index contributed by atoms with van der Waals surface area (Å²) in [6, 6.07) is 3.34. The van der Waals surface area contributed by atoms with Crippen molar-refractivity contribution < 1.29 is 9.52 Å².